The molecule has 1 aromatic heterocycles. The second kappa shape index (κ2) is 9.96. The van der Waals surface area contributed by atoms with Gasteiger partial charge < -0.3 is 20.4 Å². The van der Waals surface area contributed by atoms with Crippen LogP contribution in [0.1, 0.15) is 30.7 Å². The van der Waals surface area contributed by atoms with Crippen molar-refractivity contribution in [2.45, 2.75) is 33.7 Å². The van der Waals surface area contributed by atoms with Gasteiger partial charge in [-0.3, -0.25) is 4.79 Å². The predicted molar refractivity (Wildman–Crippen MR) is 106 cm³/mol. The highest BCUT2D eigenvalue weighted by molar-refractivity contribution is 9.10. The minimum absolute atomic E-state index is 0.0605. The lowest BCUT2D eigenvalue weighted by atomic mass is 10.3. The summed E-state index contributed by atoms with van der Waals surface area (Å²) >= 11 is 3.37. The number of nitrogens with zero attached hydrogens (tertiary/aromatic N) is 2. The Bertz CT molecular complexity index is 736. The number of oxazole rings is 1. The van der Waals surface area contributed by atoms with Crippen molar-refractivity contribution in [1.82, 2.24) is 15.6 Å². The smallest absolute Gasteiger partial charge is 0.226 e. The summed E-state index contributed by atoms with van der Waals surface area (Å²) in [4.78, 5) is 20.7. The van der Waals surface area contributed by atoms with Gasteiger partial charge in [0.1, 0.15) is 12.3 Å². The Balaban J connectivity index is 1.80. The summed E-state index contributed by atoms with van der Waals surface area (Å²) in [6.07, 6.45) is 0.331. The average Bonchev–Trinajstić information content (AvgIpc) is 2.93. The fraction of sp³-hybridized carbons (Fsp3) is 0.389. The Kier molecular flexibility index (Phi) is 7.65. The molecular formula is C18H24BrN5O2. The van der Waals surface area contributed by atoms with Crippen LogP contribution in [0, 0.1) is 13.8 Å². The lowest BCUT2D eigenvalue weighted by Crippen LogP contribution is -2.38. The summed E-state index contributed by atoms with van der Waals surface area (Å²) in [5.41, 5.74) is 1.64. The number of aliphatic imine (C=N–C) groups is 1. The van der Waals surface area contributed by atoms with E-state index in [2.05, 4.69) is 41.9 Å². The SMILES string of the molecule is CCNC(=NCc1nc(C)c(C)o1)NCCC(=O)Nc1ccc(Br)cc1. The molecule has 0 aliphatic rings. The molecule has 1 amide bonds. The first-order valence-electron chi connectivity index (χ1n) is 8.48. The van der Waals surface area contributed by atoms with Gasteiger partial charge in [-0.05, 0) is 45.0 Å². The molecule has 0 radical (unpaired) electrons. The highest BCUT2D eigenvalue weighted by Gasteiger charge is 2.06. The van der Waals surface area contributed by atoms with Crippen LogP contribution in [0.5, 0.6) is 0 Å². The number of rotatable bonds is 7. The first-order chi connectivity index (χ1) is 12.5. The number of guanidine groups is 1. The van der Waals surface area contributed by atoms with Crippen LogP contribution in [0.25, 0.3) is 0 Å². The van der Waals surface area contributed by atoms with Crippen LogP contribution < -0.4 is 16.0 Å². The maximum Gasteiger partial charge on any atom is 0.226 e. The van der Waals surface area contributed by atoms with E-state index in [-0.39, 0.29) is 5.91 Å². The third-order valence-corrected chi connectivity index (χ3v) is 4.09. The van der Waals surface area contributed by atoms with E-state index in [0.717, 1.165) is 28.2 Å². The summed E-state index contributed by atoms with van der Waals surface area (Å²) < 4.78 is 6.49. The van der Waals surface area contributed by atoms with Crippen LogP contribution in [0.2, 0.25) is 0 Å². The minimum atomic E-state index is -0.0605. The molecule has 0 saturated heterocycles. The lowest BCUT2D eigenvalue weighted by molar-refractivity contribution is -0.116. The van der Waals surface area contributed by atoms with Crippen molar-refractivity contribution in [3.63, 3.8) is 0 Å². The van der Waals surface area contributed by atoms with Crippen LogP contribution in [-0.4, -0.2) is 29.9 Å². The zero-order valence-corrected chi connectivity index (χ0v) is 16.8. The Hall–Kier alpha value is -2.35. The molecule has 0 aliphatic heterocycles. The molecule has 140 valence electrons. The largest absolute Gasteiger partial charge is 0.444 e. The fourth-order valence-corrected chi connectivity index (χ4v) is 2.41. The highest BCUT2D eigenvalue weighted by Crippen LogP contribution is 2.14. The molecule has 1 heterocycles. The van der Waals surface area contributed by atoms with Gasteiger partial charge in [0.15, 0.2) is 5.96 Å². The molecule has 1 aromatic carbocycles. The molecule has 26 heavy (non-hydrogen) atoms. The third-order valence-electron chi connectivity index (χ3n) is 3.56. The molecule has 0 aliphatic carbocycles. The number of hydrogen-bond donors (Lipinski definition) is 3. The standard InChI is InChI=1S/C18H24BrN5O2/c1-4-20-18(22-11-17-23-12(2)13(3)26-17)21-10-9-16(25)24-15-7-5-14(19)6-8-15/h5-8H,4,9-11H2,1-3H3,(H,24,25)(H2,20,21,22). The van der Waals surface area contributed by atoms with E-state index in [0.29, 0.717) is 31.4 Å². The van der Waals surface area contributed by atoms with E-state index >= 15 is 0 Å². The normalized spacial score (nSPS) is 11.3. The molecule has 0 atom stereocenters. The van der Waals surface area contributed by atoms with Gasteiger partial charge in [-0.1, -0.05) is 15.9 Å². The summed E-state index contributed by atoms with van der Waals surface area (Å²) in [5.74, 6) is 1.94. The number of nitrogens with one attached hydrogen (secondary N) is 3. The number of aromatic nitrogens is 1. The fourth-order valence-electron chi connectivity index (χ4n) is 2.15. The van der Waals surface area contributed by atoms with Gasteiger partial charge in [-0.25, -0.2) is 9.98 Å². The van der Waals surface area contributed by atoms with Gasteiger partial charge in [0.25, 0.3) is 0 Å². The van der Waals surface area contributed by atoms with Crippen molar-refractivity contribution < 1.29 is 9.21 Å². The molecule has 0 fully saturated rings. The first kappa shape index (κ1) is 20.0. The molecular weight excluding hydrogens is 398 g/mol. The third kappa shape index (κ3) is 6.51. The quantitative estimate of drug-likeness (QED) is 0.471. The van der Waals surface area contributed by atoms with Crippen LogP contribution in [0.3, 0.4) is 0 Å². The number of halogens is 1. The van der Waals surface area contributed by atoms with Crippen LogP contribution in [0.15, 0.2) is 38.1 Å². The second-order valence-electron chi connectivity index (χ2n) is 5.68. The monoisotopic (exact) mass is 421 g/mol. The summed E-state index contributed by atoms with van der Waals surface area (Å²) in [6.45, 7) is 7.30. The molecule has 0 saturated carbocycles. The van der Waals surface area contributed by atoms with Crippen molar-refractivity contribution in [3.8, 4) is 0 Å². The van der Waals surface area contributed by atoms with Gasteiger partial charge in [-0.15, -0.1) is 0 Å². The summed E-state index contributed by atoms with van der Waals surface area (Å²) in [6, 6.07) is 7.47. The molecule has 0 bridgehead atoms. The molecule has 0 spiro atoms. The zero-order valence-electron chi connectivity index (χ0n) is 15.2. The van der Waals surface area contributed by atoms with Gasteiger partial charge >= 0.3 is 0 Å². The predicted octanol–water partition coefficient (Wildman–Crippen LogP) is 3.14. The van der Waals surface area contributed by atoms with Gasteiger partial charge in [-0.2, -0.15) is 0 Å². The Morgan fingerprint density at radius 3 is 2.58 bits per heavy atom. The Morgan fingerprint density at radius 1 is 1.23 bits per heavy atom. The maximum absolute atomic E-state index is 12.0. The summed E-state index contributed by atoms with van der Waals surface area (Å²) in [7, 11) is 0. The molecule has 2 aromatic rings. The number of aryl methyl sites for hydroxylation is 2. The maximum atomic E-state index is 12.0. The Labute approximate surface area is 161 Å². The van der Waals surface area contributed by atoms with E-state index in [1.165, 1.54) is 0 Å². The molecule has 8 heteroatoms. The topological polar surface area (TPSA) is 91.6 Å². The second-order valence-corrected chi connectivity index (χ2v) is 6.59. The van der Waals surface area contributed by atoms with E-state index in [9.17, 15) is 4.79 Å². The molecule has 0 unspecified atom stereocenters. The van der Waals surface area contributed by atoms with Crippen molar-refractivity contribution in [3.05, 3.63) is 46.1 Å². The van der Waals surface area contributed by atoms with E-state index in [1.807, 2.05) is 45.0 Å². The first-order valence-corrected chi connectivity index (χ1v) is 9.27. The minimum Gasteiger partial charge on any atom is -0.444 e. The molecule has 2 rings (SSSR count). The zero-order chi connectivity index (χ0) is 18.9. The van der Waals surface area contributed by atoms with Crippen molar-refractivity contribution in [2.24, 2.45) is 4.99 Å². The van der Waals surface area contributed by atoms with E-state index in [4.69, 9.17) is 4.42 Å². The lowest BCUT2D eigenvalue weighted by Gasteiger charge is -2.11. The number of carbonyl (C=O) groups is 1. The molecule has 3 N–H and O–H groups in total. The number of anilines is 1. The number of hydrogen-bond acceptors (Lipinski definition) is 4. The van der Waals surface area contributed by atoms with Crippen LogP contribution in [-0.2, 0) is 11.3 Å². The number of benzene rings is 1. The van der Waals surface area contributed by atoms with Crippen LogP contribution >= 0.6 is 15.9 Å². The van der Waals surface area contributed by atoms with E-state index < -0.39 is 0 Å². The Morgan fingerprint density at radius 2 is 1.96 bits per heavy atom. The highest BCUT2D eigenvalue weighted by atomic mass is 79.9. The number of carbonyl (C=O) groups excluding carboxylic acids is 1. The average molecular weight is 422 g/mol. The number of amides is 1. The van der Waals surface area contributed by atoms with E-state index in [1.54, 1.807) is 0 Å². The molecule has 7 nitrogen and oxygen atoms in total. The van der Waals surface area contributed by atoms with Crippen molar-refractivity contribution >= 4 is 33.5 Å². The summed E-state index contributed by atoms with van der Waals surface area (Å²) in [5, 5.41) is 9.13. The van der Waals surface area contributed by atoms with Gasteiger partial charge in [0.05, 0.1) is 5.69 Å². The van der Waals surface area contributed by atoms with Crippen molar-refractivity contribution in [1.29, 1.82) is 0 Å². The van der Waals surface area contributed by atoms with Gasteiger partial charge in [0.2, 0.25) is 11.8 Å². The van der Waals surface area contributed by atoms with Crippen molar-refractivity contribution in [2.75, 3.05) is 18.4 Å². The van der Waals surface area contributed by atoms with Crippen LogP contribution in [0.4, 0.5) is 5.69 Å². The van der Waals surface area contributed by atoms with Gasteiger partial charge in [0, 0.05) is 29.7 Å².